The second-order valence-electron chi connectivity index (χ2n) is 8.40. The zero-order valence-corrected chi connectivity index (χ0v) is 19.5. The van der Waals surface area contributed by atoms with Crippen LogP contribution < -0.4 is 0 Å². The summed E-state index contributed by atoms with van der Waals surface area (Å²) < 4.78 is 38.6. The predicted molar refractivity (Wildman–Crippen MR) is 122 cm³/mol. The average molecular weight is 469 g/mol. The van der Waals surface area contributed by atoms with Gasteiger partial charge in [0.05, 0.1) is 10.5 Å². The van der Waals surface area contributed by atoms with E-state index in [4.69, 9.17) is 0 Å². The number of likely N-dealkylation sites (N-methyl/N-ethyl adjacent to an activating group) is 1. The zero-order valence-electron chi connectivity index (χ0n) is 18.7. The number of hydrogen-bond donors (Lipinski definition) is 0. The van der Waals surface area contributed by atoms with Gasteiger partial charge in [-0.05, 0) is 50.0 Å². The fourth-order valence-corrected chi connectivity index (χ4v) is 5.81. The highest BCUT2D eigenvalue weighted by Crippen LogP contribution is 2.42. The third kappa shape index (κ3) is 5.88. The van der Waals surface area contributed by atoms with Gasteiger partial charge >= 0.3 is 6.18 Å². The lowest BCUT2D eigenvalue weighted by Gasteiger charge is -2.44. The molecule has 1 aliphatic heterocycles. The molecule has 0 N–H and O–H groups in total. The molecule has 3 rings (SSSR count). The lowest BCUT2D eigenvalue weighted by atomic mass is 9.93. The van der Waals surface area contributed by atoms with Gasteiger partial charge in [-0.1, -0.05) is 38.3 Å². The lowest BCUT2D eigenvalue weighted by molar-refractivity contribution is -0.140. The summed E-state index contributed by atoms with van der Waals surface area (Å²) in [5, 5.41) is 0.209. The number of amides is 2. The van der Waals surface area contributed by atoms with Crippen molar-refractivity contribution in [2.75, 3.05) is 19.6 Å². The molecule has 1 aliphatic carbocycles. The van der Waals surface area contributed by atoms with Crippen molar-refractivity contribution in [3.8, 4) is 0 Å². The fourth-order valence-electron chi connectivity index (χ4n) is 4.34. The van der Waals surface area contributed by atoms with Crippen LogP contribution in [0.15, 0.2) is 29.2 Å². The van der Waals surface area contributed by atoms with Crippen molar-refractivity contribution in [3.05, 3.63) is 40.3 Å². The maximum Gasteiger partial charge on any atom is 0.416 e. The Morgan fingerprint density at radius 3 is 2.50 bits per heavy atom. The van der Waals surface area contributed by atoms with Gasteiger partial charge < -0.3 is 9.80 Å². The van der Waals surface area contributed by atoms with Crippen LogP contribution in [0.1, 0.15) is 63.5 Å². The fraction of sp³-hybridized carbons (Fsp3) is 0.583. The third-order valence-corrected chi connectivity index (χ3v) is 7.57. The van der Waals surface area contributed by atoms with Crippen molar-refractivity contribution in [1.29, 1.82) is 0 Å². The summed E-state index contributed by atoms with van der Waals surface area (Å²) in [5.74, 6) is -0.239. The standard InChI is InChI=1S/C24H31F3N2O2S/c1-3-5-14-28(4-2)22(30)16-29-19-8-6-7-9-20(19)32-21(23(29)31)15-17-10-12-18(13-11-17)24(25,26)27/h10-13,15,19-20H,3-9,14,16H2,1-2H3/b21-15+. The highest BCUT2D eigenvalue weighted by molar-refractivity contribution is 8.04. The monoisotopic (exact) mass is 468 g/mol. The van der Waals surface area contributed by atoms with Gasteiger partial charge in [-0.25, -0.2) is 0 Å². The van der Waals surface area contributed by atoms with Crippen LogP contribution in [0.4, 0.5) is 13.2 Å². The number of fused-ring (bicyclic) bond motifs is 1. The van der Waals surface area contributed by atoms with E-state index >= 15 is 0 Å². The summed E-state index contributed by atoms with van der Waals surface area (Å²) in [5.41, 5.74) is -0.166. The van der Waals surface area contributed by atoms with Gasteiger partial charge in [0.1, 0.15) is 6.54 Å². The van der Waals surface area contributed by atoms with Gasteiger partial charge in [-0.3, -0.25) is 9.59 Å². The molecule has 1 aromatic carbocycles. The highest BCUT2D eigenvalue weighted by Gasteiger charge is 2.41. The Morgan fingerprint density at radius 2 is 1.88 bits per heavy atom. The van der Waals surface area contributed by atoms with E-state index < -0.39 is 11.7 Å². The van der Waals surface area contributed by atoms with Crippen LogP contribution in [0.2, 0.25) is 0 Å². The van der Waals surface area contributed by atoms with Crippen molar-refractivity contribution >= 4 is 29.7 Å². The number of benzene rings is 1. The number of rotatable bonds is 7. The number of hydrogen-bond acceptors (Lipinski definition) is 3. The van der Waals surface area contributed by atoms with Crippen LogP contribution in [0.25, 0.3) is 6.08 Å². The van der Waals surface area contributed by atoms with Crippen LogP contribution in [-0.4, -0.2) is 52.5 Å². The van der Waals surface area contributed by atoms with Gasteiger partial charge in [-0.2, -0.15) is 13.2 Å². The molecule has 1 saturated carbocycles. The molecule has 0 bridgehead atoms. The Bertz CT molecular complexity index is 839. The van der Waals surface area contributed by atoms with Crippen molar-refractivity contribution in [3.63, 3.8) is 0 Å². The van der Waals surface area contributed by atoms with Gasteiger partial charge in [0.25, 0.3) is 5.91 Å². The third-order valence-electron chi connectivity index (χ3n) is 6.18. The van der Waals surface area contributed by atoms with Gasteiger partial charge in [0.15, 0.2) is 0 Å². The van der Waals surface area contributed by atoms with E-state index in [1.54, 1.807) is 15.9 Å². The number of thioether (sulfide) groups is 1. The first-order valence-corrected chi connectivity index (χ1v) is 12.3. The number of carbonyl (C=O) groups is 2. The van der Waals surface area contributed by atoms with E-state index in [0.29, 0.717) is 23.6 Å². The minimum atomic E-state index is -4.39. The molecule has 1 saturated heterocycles. The molecular formula is C24H31F3N2O2S. The zero-order chi connectivity index (χ0) is 23.3. The summed E-state index contributed by atoms with van der Waals surface area (Å²) in [6.07, 6.45) is 3.14. The van der Waals surface area contributed by atoms with Crippen LogP contribution in [-0.2, 0) is 15.8 Å². The summed E-state index contributed by atoms with van der Waals surface area (Å²) in [4.78, 5) is 30.3. The summed E-state index contributed by atoms with van der Waals surface area (Å²) in [7, 11) is 0. The van der Waals surface area contributed by atoms with Gasteiger partial charge in [0, 0.05) is 24.4 Å². The molecule has 2 amide bonds. The van der Waals surface area contributed by atoms with Gasteiger partial charge in [-0.15, -0.1) is 11.8 Å². The van der Waals surface area contributed by atoms with E-state index in [9.17, 15) is 22.8 Å². The van der Waals surface area contributed by atoms with E-state index in [1.165, 1.54) is 23.9 Å². The molecule has 32 heavy (non-hydrogen) atoms. The molecule has 4 nitrogen and oxygen atoms in total. The first kappa shape index (κ1) is 24.7. The van der Waals surface area contributed by atoms with Crippen LogP contribution in [0, 0.1) is 0 Å². The van der Waals surface area contributed by atoms with E-state index in [2.05, 4.69) is 6.92 Å². The minimum Gasteiger partial charge on any atom is -0.341 e. The Morgan fingerprint density at radius 1 is 1.19 bits per heavy atom. The highest BCUT2D eigenvalue weighted by atomic mass is 32.2. The molecule has 0 radical (unpaired) electrons. The second kappa shape index (κ2) is 10.8. The van der Waals surface area contributed by atoms with E-state index in [0.717, 1.165) is 50.7 Å². The number of alkyl halides is 3. The van der Waals surface area contributed by atoms with Crippen LogP contribution in [0.5, 0.6) is 0 Å². The SMILES string of the molecule is CCCCN(CC)C(=O)CN1C(=O)/C(=C\c2ccc(C(F)(F)F)cc2)SC2CCCCC21. The Kier molecular flexibility index (Phi) is 8.31. The van der Waals surface area contributed by atoms with Crippen molar-refractivity contribution in [2.24, 2.45) is 0 Å². The number of halogens is 3. The van der Waals surface area contributed by atoms with Crippen molar-refractivity contribution < 1.29 is 22.8 Å². The Labute approximate surface area is 192 Å². The molecule has 8 heteroatoms. The molecule has 0 spiro atoms. The number of carbonyl (C=O) groups excluding carboxylic acids is 2. The van der Waals surface area contributed by atoms with Crippen molar-refractivity contribution in [1.82, 2.24) is 9.80 Å². The normalized spacial score (nSPS) is 22.7. The second-order valence-corrected chi connectivity index (χ2v) is 9.68. The van der Waals surface area contributed by atoms with E-state index in [-0.39, 0.29) is 29.7 Å². The topological polar surface area (TPSA) is 40.6 Å². The largest absolute Gasteiger partial charge is 0.416 e. The maximum absolute atomic E-state index is 13.4. The van der Waals surface area contributed by atoms with Crippen molar-refractivity contribution in [2.45, 2.75) is 69.8 Å². The Balaban J connectivity index is 1.82. The molecule has 176 valence electrons. The summed E-state index contributed by atoms with van der Waals surface area (Å²) in [6, 6.07) is 4.86. The van der Waals surface area contributed by atoms with Crippen LogP contribution in [0.3, 0.4) is 0 Å². The summed E-state index contributed by atoms with van der Waals surface area (Å²) >= 11 is 1.51. The Hall–Kier alpha value is -1.96. The number of unbranched alkanes of at least 4 members (excludes halogenated alkanes) is 1. The first-order chi connectivity index (χ1) is 15.2. The summed E-state index contributed by atoms with van der Waals surface area (Å²) in [6.45, 7) is 5.38. The number of nitrogens with zero attached hydrogens (tertiary/aromatic N) is 2. The van der Waals surface area contributed by atoms with Crippen LogP contribution >= 0.6 is 11.8 Å². The molecule has 1 aromatic rings. The molecule has 2 atom stereocenters. The quantitative estimate of drug-likeness (QED) is 0.491. The van der Waals surface area contributed by atoms with Gasteiger partial charge in [0.2, 0.25) is 5.91 Å². The average Bonchev–Trinajstić information content (AvgIpc) is 2.77. The van der Waals surface area contributed by atoms with E-state index in [1.807, 2.05) is 6.92 Å². The smallest absolute Gasteiger partial charge is 0.341 e. The predicted octanol–water partition coefficient (Wildman–Crippen LogP) is 5.58. The molecule has 1 heterocycles. The molecule has 0 aromatic heterocycles. The first-order valence-electron chi connectivity index (χ1n) is 11.4. The minimum absolute atomic E-state index is 0.0276. The lowest BCUT2D eigenvalue weighted by Crippen LogP contribution is -2.54. The molecule has 2 unspecified atom stereocenters. The molecular weight excluding hydrogens is 437 g/mol. The molecule has 2 aliphatic rings. The maximum atomic E-state index is 13.4. The molecule has 2 fully saturated rings.